The predicted molar refractivity (Wildman–Crippen MR) is 110 cm³/mol. The molecule has 0 spiro atoms. The lowest BCUT2D eigenvalue weighted by atomic mass is 10.0. The van der Waals surface area contributed by atoms with Crippen LogP contribution in [0.4, 0.5) is 0 Å². The average molecular weight is 432 g/mol. The number of hydrogen-bond donors (Lipinski definition) is 2. The average Bonchev–Trinajstić information content (AvgIpc) is 2.96. The van der Waals surface area contributed by atoms with E-state index in [0.717, 1.165) is 10.8 Å². The van der Waals surface area contributed by atoms with Crippen LogP contribution in [0.5, 0.6) is 0 Å². The smallest absolute Gasteiger partial charge is 0.313 e. The molecule has 0 saturated carbocycles. The minimum Gasteiger partial charge on any atom is -0.465 e. The van der Waals surface area contributed by atoms with Crippen molar-refractivity contribution < 1.29 is 22.4 Å². The van der Waals surface area contributed by atoms with Crippen LogP contribution in [0, 0.1) is 0 Å². The summed E-state index contributed by atoms with van der Waals surface area (Å²) in [5.41, 5.74) is 6.98. The summed E-state index contributed by atoms with van der Waals surface area (Å²) in [6.07, 6.45) is -2.24. The quantitative estimate of drug-likeness (QED) is 0.599. The number of hydrogen-bond acceptors (Lipinski definition) is 6. The number of aliphatic hydroxyl groups excluding tert-OH is 1. The lowest BCUT2D eigenvalue weighted by Gasteiger charge is -2.16. The van der Waals surface area contributed by atoms with Gasteiger partial charge in [-0.05, 0) is 34.0 Å². The molecule has 6 nitrogen and oxygen atoms in total. The number of benzene rings is 3. The monoisotopic (exact) mass is 431 g/mol. The Labute approximate surface area is 173 Å². The van der Waals surface area contributed by atoms with Gasteiger partial charge in [0.05, 0.1) is 0 Å². The molecule has 0 saturated heterocycles. The summed E-state index contributed by atoms with van der Waals surface area (Å²) in [4.78, 5) is 0. The molecule has 8 heteroatoms. The topological polar surface area (TPSA) is 98.9 Å². The molecule has 29 heavy (non-hydrogen) atoms. The Morgan fingerprint density at radius 1 is 1.03 bits per heavy atom. The van der Waals surface area contributed by atoms with Crippen LogP contribution < -0.4 is 5.73 Å². The fourth-order valence-electron chi connectivity index (χ4n) is 3.31. The van der Waals surface area contributed by atoms with Crippen molar-refractivity contribution in [2.45, 2.75) is 18.0 Å². The van der Waals surface area contributed by atoms with E-state index in [0.29, 0.717) is 16.1 Å². The third-order valence-corrected chi connectivity index (χ3v) is 6.03. The molecule has 150 valence electrons. The molecule has 0 radical (unpaired) electrons. The van der Waals surface area contributed by atoms with Gasteiger partial charge in [-0.2, -0.15) is 8.42 Å². The van der Waals surface area contributed by atoms with Crippen LogP contribution in [-0.2, 0) is 24.8 Å². The Morgan fingerprint density at radius 2 is 1.72 bits per heavy atom. The van der Waals surface area contributed by atoms with Gasteiger partial charge in [0.2, 0.25) is 11.6 Å². The number of aliphatic hydroxyl groups is 1. The van der Waals surface area contributed by atoms with Gasteiger partial charge in [0.25, 0.3) is 0 Å². The lowest BCUT2D eigenvalue weighted by molar-refractivity contribution is 0.0408. The van der Waals surface area contributed by atoms with Crippen molar-refractivity contribution >= 4 is 32.5 Å². The minimum atomic E-state index is -4.09. The van der Waals surface area contributed by atoms with E-state index < -0.39 is 22.3 Å². The fourth-order valence-corrected chi connectivity index (χ4v) is 4.58. The molecular formula is C21H18ClNO5S. The molecule has 3 aromatic rings. The van der Waals surface area contributed by atoms with Gasteiger partial charge in [-0.1, -0.05) is 66.2 Å². The first-order valence-corrected chi connectivity index (χ1v) is 10.8. The molecule has 1 aliphatic heterocycles. The van der Waals surface area contributed by atoms with Gasteiger partial charge < -0.3 is 19.8 Å². The van der Waals surface area contributed by atoms with Crippen molar-refractivity contribution in [3.8, 4) is 0 Å². The highest BCUT2D eigenvalue weighted by atomic mass is 35.5. The van der Waals surface area contributed by atoms with E-state index in [-0.39, 0.29) is 17.4 Å². The second kappa shape index (κ2) is 7.59. The zero-order valence-electron chi connectivity index (χ0n) is 15.2. The summed E-state index contributed by atoms with van der Waals surface area (Å²) in [7, 11) is -4.09. The van der Waals surface area contributed by atoms with Gasteiger partial charge in [-0.25, -0.2) is 0 Å². The summed E-state index contributed by atoms with van der Waals surface area (Å²) in [5, 5.41) is 12.8. The molecule has 1 heterocycles. The molecule has 0 bridgehead atoms. The SMILES string of the molecule is NC1=C(OS(=O)(=O)Cc2cccc3ccccc23)C(O)C(c2ccc(Cl)cc2)O1. The normalized spacial score (nSPS) is 19.4. The predicted octanol–water partition coefficient (Wildman–Crippen LogP) is 3.60. The summed E-state index contributed by atoms with van der Waals surface area (Å²) in [6.45, 7) is 0. The second-order valence-electron chi connectivity index (χ2n) is 6.69. The van der Waals surface area contributed by atoms with Crippen LogP contribution in [0.2, 0.25) is 5.02 Å². The van der Waals surface area contributed by atoms with Crippen LogP contribution in [0.3, 0.4) is 0 Å². The Kier molecular flexibility index (Phi) is 5.12. The molecule has 3 N–H and O–H groups in total. The lowest BCUT2D eigenvalue weighted by Crippen LogP contribution is -2.21. The van der Waals surface area contributed by atoms with Crippen molar-refractivity contribution in [1.82, 2.24) is 0 Å². The summed E-state index contributed by atoms with van der Waals surface area (Å²) in [6, 6.07) is 19.5. The first-order chi connectivity index (χ1) is 13.8. The van der Waals surface area contributed by atoms with E-state index in [4.69, 9.17) is 26.3 Å². The van der Waals surface area contributed by atoms with Crippen LogP contribution >= 0.6 is 11.6 Å². The van der Waals surface area contributed by atoms with E-state index >= 15 is 0 Å². The van der Waals surface area contributed by atoms with Crippen LogP contribution in [0.15, 0.2) is 78.4 Å². The summed E-state index contributed by atoms with van der Waals surface area (Å²) >= 11 is 5.88. The number of ether oxygens (including phenoxy) is 1. The van der Waals surface area contributed by atoms with Gasteiger partial charge in [-0.3, -0.25) is 0 Å². The Morgan fingerprint density at radius 3 is 2.48 bits per heavy atom. The molecule has 0 aromatic heterocycles. The van der Waals surface area contributed by atoms with E-state index in [2.05, 4.69) is 0 Å². The summed E-state index contributed by atoms with van der Waals surface area (Å²) < 4.78 is 36.0. The van der Waals surface area contributed by atoms with Crippen molar-refractivity contribution in [3.63, 3.8) is 0 Å². The fraction of sp³-hybridized carbons (Fsp3) is 0.143. The molecule has 0 amide bonds. The third kappa shape index (κ3) is 4.03. The molecule has 2 atom stereocenters. The standard InChI is InChI=1S/C21H18ClNO5S/c22-16-10-8-14(9-11-16)19-18(24)20(21(23)27-19)28-29(25,26)12-15-6-3-5-13-4-1-2-7-17(13)15/h1-11,18-19,24H,12,23H2. The van der Waals surface area contributed by atoms with Crippen molar-refractivity contribution in [2.24, 2.45) is 5.73 Å². The van der Waals surface area contributed by atoms with Crippen LogP contribution in [0.25, 0.3) is 10.8 Å². The maximum Gasteiger partial charge on any atom is 0.313 e. The van der Waals surface area contributed by atoms with Crippen molar-refractivity contribution in [3.05, 3.63) is 94.5 Å². The van der Waals surface area contributed by atoms with E-state index in [9.17, 15) is 13.5 Å². The van der Waals surface area contributed by atoms with E-state index in [1.165, 1.54) is 0 Å². The maximum absolute atomic E-state index is 12.7. The number of rotatable bonds is 5. The van der Waals surface area contributed by atoms with E-state index in [1.54, 1.807) is 36.4 Å². The Balaban J connectivity index is 1.56. The molecular weight excluding hydrogens is 414 g/mol. The van der Waals surface area contributed by atoms with Crippen LogP contribution in [-0.4, -0.2) is 19.6 Å². The largest absolute Gasteiger partial charge is 0.465 e. The van der Waals surface area contributed by atoms with Crippen molar-refractivity contribution in [1.29, 1.82) is 0 Å². The first-order valence-electron chi connectivity index (χ1n) is 8.83. The zero-order chi connectivity index (χ0) is 20.6. The highest BCUT2D eigenvalue weighted by Crippen LogP contribution is 2.36. The zero-order valence-corrected chi connectivity index (χ0v) is 16.7. The molecule has 0 fully saturated rings. The highest BCUT2D eigenvalue weighted by molar-refractivity contribution is 7.86. The molecule has 0 aliphatic carbocycles. The minimum absolute atomic E-state index is 0.265. The van der Waals surface area contributed by atoms with Gasteiger partial charge >= 0.3 is 10.1 Å². The molecule has 2 unspecified atom stereocenters. The highest BCUT2D eigenvalue weighted by Gasteiger charge is 2.39. The maximum atomic E-state index is 12.7. The van der Waals surface area contributed by atoms with E-state index in [1.807, 2.05) is 30.3 Å². The number of halogens is 1. The van der Waals surface area contributed by atoms with Gasteiger partial charge in [0, 0.05) is 5.02 Å². The molecule has 4 rings (SSSR count). The molecule has 1 aliphatic rings. The number of fused-ring (bicyclic) bond motifs is 1. The van der Waals surface area contributed by atoms with Gasteiger partial charge in [0.1, 0.15) is 5.75 Å². The third-order valence-electron chi connectivity index (χ3n) is 4.68. The Bertz CT molecular complexity index is 1190. The summed E-state index contributed by atoms with van der Waals surface area (Å²) in [5.74, 6) is -0.951. The Hall–Kier alpha value is -2.74. The van der Waals surface area contributed by atoms with Gasteiger partial charge in [0.15, 0.2) is 12.2 Å². The second-order valence-corrected chi connectivity index (χ2v) is 8.69. The number of nitrogens with two attached hydrogens (primary N) is 1. The van der Waals surface area contributed by atoms with Crippen molar-refractivity contribution in [2.75, 3.05) is 0 Å². The van der Waals surface area contributed by atoms with Gasteiger partial charge in [-0.15, -0.1) is 0 Å². The first kappa shape index (κ1) is 19.6. The molecule has 3 aromatic carbocycles. The van der Waals surface area contributed by atoms with Crippen LogP contribution in [0.1, 0.15) is 17.2 Å².